The Balaban J connectivity index is 1.70. The smallest absolute Gasteiger partial charge is 0.293 e. The fourth-order valence-electron chi connectivity index (χ4n) is 3.71. The summed E-state index contributed by atoms with van der Waals surface area (Å²) in [7, 11) is 3.72. The summed E-state index contributed by atoms with van der Waals surface area (Å²) in [5, 5.41) is 12.3. The molecule has 0 aliphatic heterocycles. The maximum atomic E-state index is 12.6. The molecule has 0 radical (unpaired) electrons. The summed E-state index contributed by atoms with van der Waals surface area (Å²) in [5.41, 5.74) is 2.45. The van der Waals surface area contributed by atoms with Crippen molar-refractivity contribution in [2.45, 2.75) is 25.3 Å². The highest BCUT2D eigenvalue weighted by Crippen LogP contribution is 2.24. The molecule has 38 heavy (non-hydrogen) atoms. The zero-order valence-corrected chi connectivity index (χ0v) is 21.2. The fraction of sp³-hybridized carbons (Fsp3) is 0.321. The number of benzene rings is 2. The van der Waals surface area contributed by atoms with Crippen LogP contribution in [-0.4, -0.2) is 66.2 Å². The number of aromatic nitrogens is 2. The van der Waals surface area contributed by atoms with Crippen LogP contribution in [-0.2, 0) is 22.5 Å². The van der Waals surface area contributed by atoms with Gasteiger partial charge in [0, 0.05) is 31.3 Å². The van der Waals surface area contributed by atoms with Crippen molar-refractivity contribution in [2.75, 3.05) is 33.9 Å². The molecule has 1 unspecified atom stereocenters. The highest BCUT2D eigenvalue weighted by atomic mass is 19.3. The lowest BCUT2D eigenvalue weighted by atomic mass is 9.94. The average Bonchev–Trinajstić information content (AvgIpc) is 2.91. The summed E-state index contributed by atoms with van der Waals surface area (Å²) in [6, 6.07) is 15.1. The second-order valence-corrected chi connectivity index (χ2v) is 8.73. The molecule has 1 aromatic heterocycles. The van der Waals surface area contributed by atoms with Gasteiger partial charge in [0.25, 0.3) is 12.0 Å². The number of hydrogen-bond acceptors (Lipinski definition) is 6. The van der Waals surface area contributed by atoms with Gasteiger partial charge in [-0.05, 0) is 48.9 Å². The number of alkyl halides is 2. The van der Waals surface area contributed by atoms with E-state index in [1.54, 1.807) is 31.4 Å². The third kappa shape index (κ3) is 8.50. The summed E-state index contributed by atoms with van der Waals surface area (Å²) < 4.78 is 30.4. The van der Waals surface area contributed by atoms with E-state index in [0.717, 1.165) is 30.5 Å². The van der Waals surface area contributed by atoms with E-state index >= 15 is 0 Å². The number of aromatic hydroxyl groups is 1. The van der Waals surface area contributed by atoms with E-state index in [9.17, 15) is 23.5 Å². The van der Waals surface area contributed by atoms with E-state index < -0.39 is 36.1 Å². The summed E-state index contributed by atoms with van der Waals surface area (Å²) in [6.45, 7) is 1.48. The van der Waals surface area contributed by atoms with Crippen molar-refractivity contribution in [3.05, 3.63) is 93.2 Å². The molecule has 3 rings (SSSR count). The Hall–Kier alpha value is -4.07. The van der Waals surface area contributed by atoms with Crippen LogP contribution in [0.4, 0.5) is 8.78 Å². The van der Waals surface area contributed by atoms with Gasteiger partial charge in [-0.2, -0.15) is 0 Å². The Kier molecular flexibility index (Phi) is 10.5. The molecule has 8 nitrogen and oxygen atoms in total. The first-order valence-electron chi connectivity index (χ1n) is 12.0. The van der Waals surface area contributed by atoms with Crippen molar-refractivity contribution < 1.29 is 23.4 Å². The van der Waals surface area contributed by atoms with Crippen LogP contribution in [0.25, 0.3) is 0 Å². The molecular formula is C28H30F2N4O4. The molecule has 0 aliphatic rings. The van der Waals surface area contributed by atoms with Gasteiger partial charge in [-0.3, -0.25) is 14.5 Å². The lowest BCUT2D eigenvalue weighted by molar-refractivity contribution is -0.123. The number of nitrogens with zero attached hydrogens (tertiary/aromatic N) is 2. The van der Waals surface area contributed by atoms with Crippen LogP contribution in [0, 0.1) is 11.8 Å². The Morgan fingerprint density at radius 2 is 1.71 bits per heavy atom. The second kappa shape index (κ2) is 14.0. The van der Waals surface area contributed by atoms with Crippen LogP contribution in [0.3, 0.4) is 0 Å². The van der Waals surface area contributed by atoms with Crippen molar-refractivity contribution in [3.8, 4) is 17.6 Å². The standard InChI is InChI=1S/C28H30F2N4O4/c1-34(13-14-38-2)17-22-11-7-20(8-12-22)4-3-19-5-9-21(10-6-19)15-23(27(36)31-16-24(29)30)25-26(35)28(37)33-18-32-25/h5-12,18,23-24,35H,13-17H2,1-2H3,(H,31,36)(H,32,33,37). The lowest BCUT2D eigenvalue weighted by Crippen LogP contribution is -2.34. The fourth-order valence-corrected chi connectivity index (χ4v) is 3.71. The molecule has 200 valence electrons. The quantitative estimate of drug-likeness (QED) is 0.333. The van der Waals surface area contributed by atoms with E-state index in [0.29, 0.717) is 12.2 Å². The normalized spacial score (nSPS) is 11.7. The zero-order valence-electron chi connectivity index (χ0n) is 21.2. The first-order chi connectivity index (χ1) is 18.3. The molecule has 10 heteroatoms. The molecule has 1 atom stereocenters. The number of ether oxygens (including phenoxy) is 1. The first-order valence-corrected chi connectivity index (χ1v) is 12.0. The van der Waals surface area contributed by atoms with Gasteiger partial charge in [0.2, 0.25) is 11.7 Å². The molecular weight excluding hydrogens is 494 g/mol. The number of halogens is 2. The van der Waals surface area contributed by atoms with Crippen molar-refractivity contribution in [2.24, 2.45) is 0 Å². The van der Waals surface area contributed by atoms with Gasteiger partial charge in [-0.25, -0.2) is 13.8 Å². The summed E-state index contributed by atoms with van der Waals surface area (Å²) >= 11 is 0. The summed E-state index contributed by atoms with van der Waals surface area (Å²) in [4.78, 5) is 32.7. The van der Waals surface area contributed by atoms with Gasteiger partial charge in [-0.1, -0.05) is 36.1 Å². The number of nitrogens with one attached hydrogen (secondary N) is 2. The zero-order chi connectivity index (χ0) is 27.5. The molecule has 0 bridgehead atoms. The molecule has 1 amide bonds. The number of amides is 1. The maximum absolute atomic E-state index is 12.6. The van der Waals surface area contributed by atoms with Gasteiger partial charge < -0.3 is 20.1 Å². The van der Waals surface area contributed by atoms with E-state index in [1.807, 2.05) is 31.3 Å². The lowest BCUT2D eigenvalue weighted by Gasteiger charge is -2.17. The molecule has 1 heterocycles. The Morgan fingerprint density at radius 3 is 2.29 bits per heavy atom. The molecule has 0 aliphatic carbocycles. The number of hydrogen-bond donors (Lipinski definition) is 3. The van der Waals surface area contributed by atoms with E-state index in [2.05, 4.69) is 32.0 Å². The summed E-state index contributed by atoms with van der Waals surface area (Å²) in [6.07, 6.45) is -1.65. The minimum Gasteiger partial charge on any atom is -0.502 e. The number of rotatable bonds is 11. The van der Waals surface area contributed by atoms with Crippen molar-refractivity contribution in [3.63, 3.8) is 0 Å². The third-order valence-corrected chi connectivity index (χ3v) is 5.76. The largest absolute Gasteiger partial charge is 0.502 e. The molecule has 0 fully saturated rings. The predicted octanol–water partition coefficient (Wildman–Crippen LogP) is 2.66. The van der Waals surface area contributed by atoms with Crippen LogP contribution >= 0.6 is 0 Å². The van der Waals surface area contributed by atoms with E-state index in [4.69, 9.17) is 4.74 Å². The van der Waals surface area contributed by atoms with Crippen LogP contribution in [0.5, 0.6) is 5.75 Å². The summed E-state index contributed by atoms with van der Waals surface area (Å²) in [5.74, 6) is 3.59. The monoisotopic (exact) mass is 524 g/mol. The molecule has 3 N–H and O–H groups in total. The third-order valence-electron chi connectivity index (χ3n) is 5.76. The number of H-pyrrole nitrogens is 1. The van der Waals surface area contributed by atoms with Crippen LogP contribution in [0.1, 0.15) is 33.9 Å². The molecule has 0 spiro atoms. The van der Waals surface area contributed by atoms with Gasteiger partial charge in [-0.15, -0.1) is 0 Å². The molecule has 2 aromatic carbocycles. The van der Waals surface area contributed by atoms with Gasteiger partial charge >= 0.3 is 0 Å². The molecule has 0 saturated carbocycles. The number of likely N-dealkylation sites (N-methyl/N-ethyl adjacent to an activating group) is 1. The Labute approximate surface area is 219 Å². The first kappa shape index (κ1) is 28.5. The molecule has 0 saturated heterocycles. The average molecular weight is 525 g/mol. The van der Waals surface area contributed by atoms with Crippen molar-refractivity contribution in [1.29, 1.82) is 0 Å². The van der Waals surface area contributed by atoms with Crippen molar-refractivity contribution >= 4 is 5.91 Å². The van der Waals surface area contributed by atoms with Crippen molar-refractivity contribution in [1.82, 2.24) is 20.2 Å². The highest BCUT2D eigenvalue weighted by Gasteiger charge is 2.27. The number of carbonyl (C=O) groups is 1. The van der Waals surface area contributed by atoms with Gasteiger partial charge in [0.1, 0.15) is 5.69 Å². The number of aromatic amines is 1. The van der Waals surface area contributed by atoms with Crippen LogP contribution in [0.2, 0.25) is 0 Å². The van der Waals surface area contributed by atoms with E-state index in [-0.39, 0.29) is 12.1 Å². The number of methoxy groups -OCH3 is 1. The predicted molar refractivity (Wildman–Crippen MR) is 139 cm³/mol. The van der Waals surface area contributed by atoms with Gasteiger partial charge in [0.15, 0.2) is 0 Å². The van der Waals surface area contributed by atoms with Crippen LogP contribution in [0.15, 0.2) is 59.7 Å². The van der Waals surface area contributed by atoms with E-state index in [1.165, 1.54) is 5.56 Å². The SMILES string of the molecule is COCCN(C)Cc1ccc(C#Cc2ccc(CC(C(=O)NCC(F)F)c3nc[nH]c(=O)c3O)cc2)cc1. The Morgan fingerprint density at radius 1 is 1.11 bits per heavy atom. The minimum atomic E-state index is -2.74. The Bertz CT molecular complexity index is 1320. The van der Waals surface area contributed by atoms with Crippen LogP contribution < -0.4 is 10.9 Å². The second-order valence-electron chi connectivity index (χ2n) is 8.73. The maximum Gasteiger partial charge on any atom is 0.293 e. The number of carbonyl (C=O) groups excluding carboxylic acids is 1. The minimum absolute atomic E-state index is 0.0348. The molecule has 3 aromatic rings. The topological polar surface area (TPSA) is 108 Å². The highest BCUT2D eigenvalue weighted by molar-refractivity contribution is 5.84. The van der Waals surface area contributed by atoms with Gasteiger partial charge in [0.05, 0.1) is 25.4 Å².